The summed E-state index contributed by atoms with van der Waals surface area (Å²) < 4.78 is 20.8. The van der Waals surface area contributed by atoms with Gasteiger partial charge in [-0.1, -0.05) is 12.1 Å². The Kier molecular flexibility index (Phi) is 4.99. The highest BCUT2D eigenvalue weighted by Crippen LogP contribution is 2.24. The second kappa shape index (κ2) is 7.55. The van der Waals surface area contributed by atoms with E-state index in [0.717, 1.165) is 31.5 Å². The van der Waals surface area contributed by atoms with Crippen LogP contribution in [0.2, 0.25) is 0 Å². The third kappa shape index (κ3) is 3.64. The van der Waals surface area contributed by atoms with E-state index in [-0.39, 0.29) is 17.8 Å². The highest BCUT2D eigenvalue weighted by atomic mass is 19.1. The molecule has 26 heavy (non-hydrogen) atoms. The standard InChI is InChI=1S/C19H23FN4O2/c20-15-5-3-14(4-6-15)18-13-23(10-11-26-18)19(25)17-7-9-24(22-17)16-2-1-8-21-12-16/h3-7,9,16,18,21H,1-2,8,10-13H2. The SMILES string of the molecule is O=C(c1ccn(C2CCCNC2)n1)N1CCOC(c2ccc(F)cc2)C1. The minimum Gasteiger partial charge on any atom is -0.370 e. The Morgan fingerprint density at radius 1 is 1.27 bits per heavy atom. The van der Waals surface area contributed by atoms with Gasteiger partial charge in [-0.05, 0) is 43.1 Å². The first-order valence-corrected chi connectivity index (χ1v) is 9.13. The number of hydrogen-bond acceptors (Lipinski definition) is 4. The lowest BCUT2D eigenvalue weighted by Crippen LogP contribution is -2.42. The van der Waals surface area contributed by atoms with Crippen molar-refractivity contribution >= 4 is 5.91 Å². The Labute approximate surface area is 151 Å². The molecule has 2 atom stereocenters. The lowest BCUT2D eigenvalue weighted by Gasteiger charge is -2.32. The molecule has 1 N–H and O–H groups in total. The molecular formula is C19H23FN4O2. The van der Waals surface area contributed by atoms with Gasteiger partial charge < -0.3 is 15.0 Å². The van der Waals surface area contributed by atoms with Crippen molar-refractivity contribution in [3.05, 3.63) is 53.6 Å². The summed E-state index contributed by atoms with van der Waals surface area (Å²) in [5.41, 5.74) is 1.35. The molecule has 0 saturated carbocycles. The van der Waals surface area contributed by atoms with Crippen LogP contribution in [0.5, 0.6) is 0 Å². The monoisotopic (exact) mass is 358 g/mol. The van der Waals surface area contributed by atoms with Gasteiger partial charge in [-0.15, -0.1) is 0 Å². The third-order valence-electron chi connectivity index (χ3n) is 5.07. The molecule has 3 heterocycles. The van der Waals surface area contributed by atoms with Crippen LogP contribution in [0.4, 0.5) is 4.39 Å². The van der Waals surface area contributed by atoms with Gasteiger partial charge in [-0.25, -0.2) is 4.39 Å². The Bertz CT molecular complexity index is 755. The maximum atomic E-state index is 13.1. The van der Waals surface area contributed by atoms with Crippen LogP contribution in [0.3, 0.4) is 0 Å². The Morgan fingerprint density at radius 3 is 2.88 bits per heavy atom. The van der Waals surface area contributed by atoms with Crippen LogP contribution in [0.15, 0.2) is 36.5 Å². The Hall–Kier alpha value is -2.25. The maximum absolute atomic E-state index is 13.1. The quantitative estimate of drug-likeness (QED) is 0.914. The number of carbonyl (C=O) groups excluding carboxylic acids is 1. The van der Waals surface area contributed by atoms with Crippen molar-refractivity contribution in [3.8, 4) is 0 Å². The molecule has 2 aliphatic rings. The van der Waals surface area contributed by atoms with E-state index in [4.69, 9.17) is 4.74 Å². The van der Waals surface area contributed by atoms with E-state index in [1.165, 1.54) is 12.1 Å². The largest absolute Gasteiger partial charge is 0.370 e. The zero-order valence-electron chi connectivity index (χ0n) is 14.6. The molecule has 2 saturated heterocycles. The fourth-order valence-electron chi connectivity index (χ4n) is 3.59. The molecule has 2 aromatic rings. The molecule has 138 valence electrons. The molecule has 1 amide bonds. The van der Waals surface area contributed by atoms with E-state index in [2.05, 4.69) is 10.4 Å². The molecule has 1 aromatic heterocycles. The van der Waals surface area contributed by atoms with Gasteiger partial charge in [0.1, 0.15) is 17.6 Å². The molecule has 2 unspecified atom stereocenters. The second-order valence-electron chi connectivity index (χ2n) is 6.84. The normalized spacial score (nSPS) is 23.8. The first-order valence-electron chi connectivity index (χ1n) is 9.13. The molecule has 7 heteroatoms. The molecule has 0 aliphatic carbocycles. The van der Waals surface area contributed by atoms with Crippen LogP contribution in [0.1, 0.15) is 41.0 Å². The summed E-state index contributed by atoms with van der Waals surface area (Å²) in [5.74, 6) is -0.358. The zero-order valence-corrected chi connectivity index (χ0v) is 14.6. The summed E-state index contributed by atoms with van der Waals surface area (Å²) in [5, 5.41) is 7.88. The van der Waals surface area contributed by atoms with Crippen molar-refractivity contribution in [1.29, 1.82) is 0 Å². The summed E-state index contributed by atoms with van der Waals surface area (Å²) >= 11 is 0. The average molecular weight is 358 g/mol. The van der Waals surface area contributed by atoms with Crippen molar-refractivity contribution in [2.45, 2.75) is 25.0 Å². The van der Waals surface area contributed by atoms with Gasteiger partial charge in [0.05, 0.1) is 19.2 Å². The van der Waals surface area contributed by atoms with Crippen LogP contribution in [0.25, 0.3) is 0 Å². The fourth-order valence-corrected chi connectivity index (χ4v) is 3.59. The number of aromatic nitrogens is 2. The van der Waals surface area contributed by atoms with Crippen LogP contribution in [-0.2, 0) is 4.74 Å². The second-order valence-corrected chi connectivity index (χ2v) is 6.84. The van der Waals surface area contributed by atoms with Crippen LogP contribution in [0, 0.1) is 5.82 Å². The molecule has 4 rings (SSSR count). The van der Waals surface area contributed by atoms with Crippen LogP contribution in [-0.4, -0.2) is 53.4 Å². The highest BCUT2D eigenvalue weighted by molar-refractivity contribution is 5.92. The zero-order chi connectivity index (χ0) is 17.9. The van der Waals surface area contributed by atoms with Gasteiger partial charge in [0.15, 0.2) is 0 Å². The number of hydrogen-bond donors (Lipinski definition) is 1. The van der Waals surface area contributed by atoms with Gasteiger partial charge in [0.2, 0.25) is 0 Å². The maximum Gasteiger partial charge on any atom is 0.274 e. The lowest BCUT2D eigenvalue weighted by atomic mass is 10.1. The van der Waals surface area contributed by atoms with Crippen molar-refractivity contribution in [1.82, 2.24) is 20.0 Å². The van der Waals surface area contributed by atoms with Crippen molar-refractivity contribution in [2.75, 3.05) is 32.8 Å². The van der Waals surface area contributed by atoms with E-state index >= 15 is 0 Å². The molecule has 0 radical (unpaired) electrons. The number of halogens is 1. The molecule has 2 fully saturated rings. The third-order valence-corrected chi connectivity index (χ3v) is 5.07. The van der Waals surface area contributed by atoms with Gasteiger partial charge in [-0.3, -0.25) is 9.48 Å². The minimum absolute atomic E-state index is 0.0806. The topological polar surface area (TPSA) is 59.4 Å². The van der Waals surface area contributed by atoms with Crippen molar-refractivity contribution < 1.29 is 13.9 Å². The van der Waals surface area contributed by atoms with Gasteiger partial charge >= 0.3 is 0 Å². The molecule has 2 aliphatic heterocycles. The van der Waals surface area contributed by atoms with E-state index in [9.17, 15) is 9.18 Å². The van der Waals surface area contributed by atoms with E-state index in [0.29, 0.717) is 31.4 Å². The molecular weight excluding hydrogens is 335 g/mol. The molecule has 6 nitrogen and oxygen atoms in total. The van der Waals surface area contributed by atoms with Gasteiger partial charge in [0, 0.05) is 19.3 Å². The highest BCUT2D eigenvalue weighted by Gasteiger charge is 2.28. The van der Waals surface area contributed by atoms with Crippen molar-refractivity contribution in [2.24, 2.45) is 0 Å². The predicted molar refractivity (Wildman–Crippen MR) is 94.4 cm³/mol. The van der Waals surface area contributed by atoms with E-state index in [1.807, 2.05) is 10.9 Å². The lowest BCUT2D eigenvalue weighted by molar-refractivity contribution is -0.0230. The number of morpholine rings is 1. The number of carbonyl (C=O) groups is 1. The van der Waals surface area contributed by atoms with Crippen LogP contribution < -0.4 is 5.32 Å². The number of amides is 1. The predicted octanol–water partition coefficient (Wildman–Crippen LogP) is 2.16. The summed E-state index contributed by atoms with van der Waals surface area (Å²) in [6.07, 6.45) is 3.85. The summed E-state index contributed by atoms with van der Waals surface area (Å²) in [6, 6.07) is 8.34. The molecule has 1 aromatic carbocycles. The molecule has 0 bridgehead atoms. The summed E-state index contributed by atoms with van der Waals surface area (Å²) in [6.45, 7) is 3.37. The first-order chi connectivity index (χ1) is 12.7. The minimum atomic E-state index is -0.278. The number of rotatable bonds is 3. The first kappa shape index (κ1) is 17.2. The summed E-state index contributed by atoms with van der Waals surface area (Å²) in [4.78, 5) is 14.6. The fraction of sp³-hybridized carbons (Fsp3) is 0.474. The number of benzene rings is 1. The van der Waals surface area contributed by atoms with E-state index < -0.39 is 0 Å². The van der Waals surface area contributed by atoms with Crippen molar-refractivity contribution in [3.63, 3.8) is 0 Å². The van der Waals surface area contributed by atoms with E-state index in [1.54, 1.807) is 23.1 Å². The smallest absolute Gasteiger partial charge is 0.274 e. The average Bonchev–Trinajstić information content (AvgIpc) is 3.19. The number of nitrogens with zero attached hydrogens (tertiary/aromatic N) is 3. The Morgan fingerprint density at radius 2 is 2.12 bits per heavy atom. The number of piperidine rings is 1. The van der Waals surface area contributed by atoms with Gasteiger partial charge in [0.25, 0.3) is 5.91 Å². The summed E-state index contributed by atoms with van der Waals surface area (Å²) in [7, 11) is 0. The Balaban J connectivity index is 1.44. The number of ether oxygens (including phenoxy) is 1. The van der Waals surface area contributed by atoms with Crippen LogP contribution >= 0.6 is 0 Å². The molecule has 0 spiro atoms. The van der Waals surface area contributed by atoms with Gasteiger partial charge in [-0.2, -0.15) is 5.10 Å². The number of nitrogens with one attached hydrogen (secondary N) is 1.